The fourth-order valence-corrected chi connectivity index (χ4v) is 4.64. The number of Topliss-reactive ketones (excluding diaryl/α,β-unsaturated/α-hetero) is 2. The van der Waals surface area contributed by atoms with Crippen molar-refractivity contribution in [2.45, 2.75) is 20.8 Å². The second-order valence-electron chi connectivity index (χ2n) is 8.90. The van der Waals surface area contributed by atoms with Crippen molar-refractivity contribution in [2.75, 3.05) is 0 Å². The molecule has 0 radical (unpaired) electrons. The molecule has 38 heavy (non-hydrogen) atoms. The van der Waals surface area contributed by atoms with Gasteiger partial charge in [0, 0.05) is 17.2 Å². The van der Waals surface area contributed by atoms with Gasteiger partial charge in [0.1, 0.15) is 23.0 Å². The normalized spacial score (nSPS) is 11.3. The van der Waals surface area contributed by atoms with Gasteiger partial charge in [-0.3, -0.25) is 19.2 Å². The minimum absolute atomic E-state index is 0.00139. The topological polar surface area (TPSA) is 172 Å². The summed E-state index contributed by atoms with van der Waals surface area (Å²) < 4.78 is 11.4. The monoisotopic (exact) mass is 514 g/mol. The Hall–Kier alpha value is -5.25. The molecule has 3 N–H and O–H groups in total. The van der Waals surface area contributed by atoms with E-state index in [9.17, 15) is 39.3 Å². The summed E-state index contributed by atoms with van der Waals surface area (Å²) in [7, 11) is 0. The Morgan fingerprint density at radius 3 is 2.11 bits per heavy atom. The number of carbonyl (C=O) groups is 3. The first-order valence-corrected chi connectivity index (χ1v) is 11.2. The summed E-state index contributed by atoms with van der Waals surface area (Å²) in [5.74, 6) is -3.78. The van der Waals surface area contributed by atoms with Gasteiger partial charge in [0.2, 0.25) is 10.9 Å². The summed E-state index contributed by atoms with van der Waals surface area (Å²) in [6.45, 7) is 3.96. The zero-order valence-electron chi connectivity index (χ0n) is 20.2. The van der Waals surface area contributed by atoms with Crippen LogP contribution in [-0.4, -0.2) is 32.9 Å². The number of ketones is 2. The minimum Gasteiger partial charge on any atom is -0.504 e. The lowest BCUT2D eigenvalue weighted by Gasteiger charge is -2.15. The van der Waals surface area contributed by atoms with Crippen LogP contribution < -0.4 is 10.9 Å². The number of rotatable bonds is 4. The second-order valence-corrected chi connectivity index (χ2v) is 8.90. The van der Waals surface area contributed by atoms with Crippen molar-refractivity contribution in [2.24, 2.45) is 0 Å². The van der Waals surface area contributed by atoms with Crippen LogP contribution in [0.4, 0.5) is 0 Å². The largest absolute Gasteiger partial charge is 0.504 e. The van der Waals surface area contributed by atoms with Gasteiger partial charge in [-0.2, -0.15) is 0 Å². The number of carboxylic acid groups (broad SMARTS) is 1. The molecule has 0 aliphatic heterocycles. The Kier molecular flexibility index (Phi) is 5.41. The number of aromatic carboxylic acids is 1. The summed E-state index contributed by atoms with van der Waals surface area (Å²) in [6.07, 6.45) is 1.03. The number of benzene rings is 3. The van der Waals surface area contributed by atoms with Gasteiger partial charge in [-0.25, -0.2) is 4.79 Å². The number of phenolic OH excluding ortho intramolecular Hbond substituents is 2. The molecule has 0 atom stereocenters. The Morgan fingerprint density at radius 1 is 0.789 bits per heavy atom. The summed E-state index contributed by atoms with van der Waals surface area (Å²) in [5.41, 5.74) is -2.63. The Balaban J connectivity index is 2.02. The lowest BCUT2D eigenvalue weighted by Crippen LogP contribution is -2.16. The molecule has 2 heterocycles. The molecule has 0 bridgehead atoms. The molecule has 0 aliphatic carbocycles. The summed E-state index contributed by atoms with van der Waals surface area (Å²) in [5, 5.41) is 28.9. The predicted octanol–water partition coefficient (Wildman–Crippen LogP) is 4.54. The van der Waals surface area contributed by atoms with Crippen LogP contribution in [0.1, 0.15) is 50.5 Å². The van der Waals surface area contributed by atoms with E-state index in [1.807, 2.05) is 0 Å². The Morgan fingerprint density at radius 2 is 1.47 bits per heavy atom. The molecule has 10 nitrogen and oxygen atoms in total. The molecule has 0 spiro atoms. The van der Waals surface area contributed by atoms with Gasteiger partial charge in [0.15, 0.2) is 23.1 Å². The fraction of sp³-hybridized carbons (Fsp3) is 0.107. The number of aryl methyl sites for hydroxylation is 1. The van der Waals surface area contributed by atoms with E-state index in [0.717, 1.165) is 25.3 Å². The molecular formula is C28H18O10. The standard InChI is InChI=1S/C28H18O10/c1-10-4-15(28(35)36)24-21(5-10)37-9-17(26(24)34)23-13(11(2)29)6-16-25(33)14-7-18(31)19(32)8-20(14)38-27(16)22(23)12(3)30/h4-9,31-32H,1-3H3,(H,35,36). The van der Waals surface area contributed by atoms with Crippen LogP contribution in [-0.2, 0) is 0 Å². The summed E-state index contributed by atoms with van der Waals surface area (Å²) >= 11 is 0. The highest BCUT2D eigenvalue weighted by atomic mass is 16.4. The lowest BCUT2D eigenvalue weighted by atomic mass is 9.88. The first kappa shape index (κ1) is 24.4. The zero-order valence-corrected chi connectivity index (χ0v) is 20.2. The van der Waals surface area contributed by atoms with E-state index in [4.69, 9.17) is 8.83 Å². The van der Waals surface area contributed by atoms with E-state index in [1.165, 1.54) is 25.1 Å². The van der Waals surface area contributed by atoms with Crippen molar-refractivity contribution in [3.63, 3.8) is 0 Å². The average molecular weight is 514 g/mol. The smallest absolute Gasteiger partial charge is 0.336 e. The van der Waals surface area contributed by atoms with Gasteiger partial charge in [-0.05, 0) is 50.6 Å². The molecule has 0 aliphatic rings. The molecular weight excluding hydrogens is 496 g/mol. The van der Waals surface area contributed by atoms with Crippen LogP contribution >= 0.6 is 0 Å². The highest BCUT2D eigenvalue weighted by Crippen LogP contribution is 2.37. The van der Waals surface area contributed by atoms with E-state index in [2.05, 4.69) is 0 Å². The van der Waals surface area contributed by atoms with Gasteiger partial charge in [-0.15, -0.1) is 0 Å². The molecule has 0 unspecified atom stereocenters. The number of phenols is 2. The number of carboxylic acids is 1. The third-order valence-electron chi connectivity index (χ3n) is 6.31. The van der Waals surface area contributed by atoms with Crippen LogP contribution in [0, 0.1) is 6.92 Å². The molecule has 0 fully saturated rings. The van der Waals surface area contributed by atoms with E-state index in [1.54, 1.807) is 6.92 Å². The van der Waals surface area contributed by atoms with E-state index in [-0.39, 0.29) is 60.7 Å². The SMILES string of the molecule is CC(=O)c1cc2c(=O)c3cc(O)c(O)cc3oc2c(C(C)=O)c1-c1coc2cc(C)cc(C(=O)O)c2c1=O. The number of fused-ring (bicyclic) bond motifs is 3. The first-order valence-electron chi connectivity index (χ1n) is 11.2. The minimum atomic E-state index is -1.37. The second kappa shape index (κ2) is 8.41. The Labute approximate surface area is 212 Å². The highest BCUT2D eigenvalue weighted by Gasteiger charge is 2.28. The van der Waals surface area contributed by atoms with Crippen molar-refractivity contribution in [1.29, 1.82) is 0 Å². The highest BCUT2D eigenvalue weighted by molar-refractivity contribution is 6.17. The van der Waals surface area contributed by atoms with Crippen molar-refractivity contribution in [3.05, 3.63) is 79.3 Å². The quantitative estimate of drug-likeness (QED) is 0.175. The third kappa shape index (κ3) is 3.53. The molecule has 5 rings (SSSR count). The fourth-order valence-electron chi connectivity index (χ4n) is 4.64. The van der Waals surface area contributed by atoms with Crippen LogP contribution in [0.5, 0.6) is 11.5 Å². The van der Waals surface area contributed by atoms with Gasteiger partial charge in [0.25, 0.3) is 0 Å². The molecule has 190 valence electrons. The Bertz CT molecular complexity index is 2020. The van der Waals surface area contributed by atoms with E-state index < -0.39 is 39.9 Å². The van der Waals surface area contributed by atoms with Gasteiger partial charge in [-0.1, -0.05) is 0 Å². The van der Waals surface area contributed by atoms with Crippen molar-refractivity contribution in [3.8, 4) is 22.6 Å². The number of carbonyl (C=O) groups excluding carboxylic acids is 2. The maximum absolute atomic E-state index is 13.7. The van der Waals surface area contributed by atoms with Crippen molar-refractivity contribution in [1.82, 2.24) is 0 Å². The van der Waals surface area contributed by atoms with Crippen molar-refractivity contribution < 1.29 is 38.5 Å². The first-order chi connectivity index (χ1) is 17.9. The van der Waals surface area contributed by atoms with Crippen LogP contribution in [0.2, 0.25) is 0 Å². The van der Waals surface area contributed by atoms with Gasteiger partial charge < -0.3 is 24.2 Å². The van der Waals surface area contributed by atoms with Crippen molar-refractivity contribution >= 4 is 50.4 Å². The molecule has 10 heteroatoms. The summed E-state index contributed by atoms with van der Waals surface area (Å²) in [4.78, 5) is 64.7. The lowest BCUT2D eigenvalue weighted by molar-refractivity contribution is 0.0698. The third-order valence-corrected chi connectivity index (χ3v) is 6.31. The maximum Gasteiger partial charge on any atom is 0.336 e. The molecule has 2 aromatic heterocycles. The molecule has 0 amide bonds. The number of aromatic hydroxyl groups is 2. The number of hydrogen-bond donors (Lipinski definition) is 3. The van der Waals surface area contributed by atoms with Gasteiger partial charge >= 0.3 is 5.97 Å². The zero-order chi connectivity index (χ0) is 27.6. The molecule has 0 saturated carbocycles. The molecule has 3 aromatic carbocycles. The van der Waals surface area contributed by atoms with E-state index >= 15 is 0 Å². The van der Waals surface area contributed by atoms with Crippen LogP contribution in [0.3, 0.4) is 0 Å². The summed E-state index contributed by atoms with van der Waals surface area (Å²) in [6, 6.07) is 5.96. The van der Waals surface area contributed by atoms with Crippen LogP contribution in [0.15, 0.2) is 55.0 Å². The number of hydrogen-bond acceptors (Lipinski definition) is 9. The van der Waals surface area contributed by atoms with E-state index in [0.29, 0.717) is 5.56 Å². The molecule has 5 aromatic rings. The maximum atomic E-state index is 13.7. The average Bonchev–Trinajstić information content (AvgIpc) is 2.84. The molecule has 0 saturated heterocycles. The predicted molar refractivity (Wildman–Crippen MR) is 137 cm³/mol. The van der Waals surface area contributed by atoms with Gasteiger partial charge in [0.05, 0.1) is 32.8 Å². The van der Waals surface area contributed by atoms with Crippen LogP contribution in [0.25, 0.3) is 44.0 Å².